The van der Waals surface area contributed by atoms with Crippen molar-refractivity contribution < 1.29 is 4.79 Å². The fourth-order valence-corrected chi connectivity index (χ4v) is 2.80. The van der Waals surface area contributed by atoms with E-state index in [2.05, 4.69) is 17.6 Å². The van der Waals surface area contributed by atoms with Gasteiger partial charge in [0.25, 0.3) is 0 Å². The largest absolute Gasteiger partial charge is 0.355 e. The van der Waals surface area contributed by atoms with Crippen molar-refractivity contribution in [3.8, 4) is 0 Å². The van der Waals surface area contributed by atoms with Crippen LogP contribution in [-0.4, -0.2) is 24.5 Å². The van der Waals surface area contributed by atoms with Crippen molar-refractivity contribution in [3.05, 3.63) is 0 Å². The summed E-state index contributed by atoms with van der Waals surface area (Å²) in [5.74, 6) is 1.03. The fourth-order valence-electron chi connectivity index (χ4n) is 2.80. The minimum atomic E-state index is 0.0778. The third-order valence-corrected chi connectivity index (χ3v) is 3.66. The molecule has 2 N–H and O–H groups in total. The molecule has 0 spiro atoms. The van der Waals surface area contributed by atoms with Crippen LogP contribution < -0.4 is 10.6 Å². The summed E-state index contributed by atoms with van der Waals surface area (Å²) < 4.78 is 0. The summed E-state index contributed by atoms with van der Waals surface area (Å²) in [5, 5.41) is 6.46. The second-order valence-corrected chi connectivity index (χ2v) is 5.12. The molecular formula is C12H22N2O. The Bertz CT molecular complexity index is 230. The monoisotopic (exact) mass is 210 g/mol. The normalized spacial score (nSPS) is 37.4. The molecule has 2 fully saturated rings. The first kappa shape index (κ1) is 10.9. The first-order chi connectivity index (χ1) is 7.25. The highest BCUT2D eigenvalue weighted by Gasteiger charge is 2.26. The smallest absolute Gasteiger partial charge is 0.237 e. The molecule has 0 bridgehead atoms. The molecule has 86 valence electrons. The Kier molecular flexibility index (Phi) is 3.62. The summed E-state index contributed by atoms with van der Waals surface area (Å²) in [6.07, 6.45) is 7.28. The highest BCUT2D eigenvalue weighted by molar-refractivity contribution is 5.82. The molecule has 15 heavy (non-hydrogen) atoms. The van der Waals surface area contributed by atoms with Crippen LogP contribution in [0, 0.1) is 5.92 Å². The number of piperidine rings is 1. The molecule has 3 heteroatoms. The van der Waals surface area contributed by atoms with E-state index < -0.39 is 0 Å². The van der Waals surface area contributed by atoms with E-state index >= 15 is 0 Å². The number of hydrogen-bond donors (Lipinski definition) is 2. The molecule has 1 aliphatic heterocycles. The van der Waals surface area contributed by atoms with Crippen molar-refractivity contribution in [2.24, 2.45) is 5.92 Å². The van der Waals surface area contributed by atoms with Gasteiger partial charge in [-0.3, -0.25) is 4.79 Å². The number of nitrogens with one attached hydrogen (secondary N) is 2. The lowest BCUT2D eigenvalue weighted by Crippen LogP contribution is -2.52. The molecular weight excluding hydrogens is 188 g/mol. The van der Waals surface area contributed by atoms with Gasteiger partial charge in [0.2, 0.25) is 5.91 Å². The van der Waals surface area contributed by atoms with E-state index in [0.29, 0.717) is 6.04 Å². The van der Waals surface area contributed by atoms with Gasteiger partial charge in [-0.25, -0.2) is 0 Å². The van der Waals surface area contributed by atoms with Crippen LogP contribution in [0.4, 0.5) is 0 Å². The van der Waals surface area contributed by atoms with Gasteiger partial charge in [0.05, 0.1) is 6.04 Å². The third-order valence-electron chi connectivity index (χ3n) is 3.66. The van der Waals surface area contributed by atoms with Crippen LogP contribution in [0.15, 0.2) is 0 Å². The standard InChI is InChI=1S/C12H22N2O/c1-9-4-2-5-10(8-9)14-11-6-3-7-13-12(11)15/h9-11,14H,2-8H2,1H3,(H,13,15). The van der Waals surface area contributed by atoms with Crippen molar-refractivity contribution in [2.45, 2.75) is 57.5 Å². The fraction of sp³-hybridized carbons (Fsp3) is 0.917. The molecule has 1 saturated carbocycles. The minimum absolute atomic E-state index is 0.0778. The van der Waals surface area contributed by atoms with E-state index in [1.54, 1.807) is 0 Å². The Morgan fingerprint density at radius 1 is 1.27 bits per heavy atom. The molecule has 0 radical (unpaired) electrons. The Balaban J connectivity index is 1.81. The highest BCUT2D eigenvalue weighted by Crippen LogP contribution is 2.24. The van der Waals surface area contributed by atoms with Gasteiger partial charge in [-0.05, 0) is 31.6 Å². The van der Waals surface area contributed by atoms with Crippen molar-refractivity contribution >= 4 is 5.91 Å². The predicted octanol–water partition coefficient (Wildman–Crippen LogP) is 1.43. The van der Waals surface area contributed by atoms with E-state index in [-0.39, 0.29) is 11.9 Å². The van der Waals surface area contributed by atoms with E-state index in [1.807, 2.05) is 0 Å². The molecule has 0 aromatic rings. The summed E-state index contributed by atoms with van der Waals surface area (Å²) in [4.78, 5) is 11.6. The van der Waals surface area contributed by atoms with E-state index in [4.69, 9.17) is 0 Å². The molecule has 2 aliphatic rings. The Morgan fingerprint density at radius 2 is 2.13 bits per heavy atom. The highest BCUT2D eigenvalue weighted by atomic mass is 16.2. The number of carbonyl (C=O) groups is 1. The Hall–Kier alpha value is -0.570. The number of amides is 1. The molecule has 1 amide bonds. The molecule has 1 heterocycles. The minimum Gasteiger partial charge on any atom is -0.355 e. The van der Waals surface area contributed by atoms with Crippen LogP contribution in [0.2, 0.25) is 0 Å². The van der Waals surface area contributed by atoms with Gasteiger partial charge in [0.1, 0.15) is 0 Å². The van der Waals surface area contributed by atoms with E-state index in [0.717, 1.165) is 25.3 Å². The zero-order valence-electron chi connectivity index (χ0n) is 9.59. The second kappa shape index (κ2) is 4.97. The lowest BCUT2D eigenvalue weighted by Gasteiger charge is -2.32. The maximum absolute atomic E-state index is 11.6. The molecule has 3 atom stereocenters. The van der Waals surface area contributed by atoms with E-state index in [9.17, 15) is 4.79 Å². The van der Waals surface area contributed by atoms with Gasteiger partial charge < -0.3 is 10.6 Å². The second-order valence-electron chi connectivity index (χ2n) is 5.12. The Labute approximate surface area is 92.0 Å². The van der Waals surface area contributed by atoms with Gasteiger partial charge in [-0.1, -0.05) is 19.8 Å². The summed E-state index contributed by atoms with van der Waals surface area (Å²) in [5.41, 5.74) is 0. The summed E-state index contributed by atoms with van der Waals surface area (Å²) in [6.45, 7) is 3.17. The molecule has 1 aliphatic carbocycles. The molecule has 0 aromatic heterocycles. The van der Waals surface area contributed by atoms with Crippen LogP contribution in [0.25, 0.3) is 0 Å². The lowest BCUT2D eigenvalue weighted by atomic mass is 9.86. The summed E-state index contributed by atoms with van der Waals surface area (Å²) in [6, 6.07) is 0.650. The molecule has 2 rings (SSSR count). The summed E-state index contributed by atoms with van der Waals surface area (Å²) >= 11 is 0. The predicted molar refractivity (Wildman–Crippen MR) is 60.6 cm³/mol. The first-order valence-electron chi connectivity index (χ1n) is 6.29. The molecule has 0 aromatic carbocycles. The van der Waals surface area contributed by atoms with Crippen LogP contribution in [-0.2, 0) is 4.79 Å². The Morgan fingerprint density at radius 3 is 2.87 bits per heavy atom. The van der Waals surface area contributed by atoms with Crippen LogP contribution in [0.1, 0.15) is 45.4 Å². The van der Waals surface area contributed by atoms with Gasteiger partial charge in [0.15, 0.2) is 0 Å². The van der Waals surface area contributed by atoms with Gasteiger partial charge in [-0.15, -0.1) is 0 Å². The topological polar surface area (TPSA) is 41.1 Å². The lowest BCUT2D eigenvalue weighted by molar-refractivity contribution is -0.124. The summed E-state index contributed by atoms with van der Waals surface area (Å²) in [7, 11) is 0. The van der Waals surface area contributed by atoms with Gasteiger partial charge >= 0.3 is 0 Å². The number of hydrogen-bond acceptors (Lipinski definition) is 2. The van der Waals surface area contributed by atoms with Crippen molar-refractivity contribution in [3.63, 3.8) is 0 Å². The van der Waals surface area contributed by atoms with Crippen LogP contribution in [0.3, 0.4) is 0 Å². The number of rotatable bonds is 2. The quantitative estimate of drug-likeness (QED) is 0.724. The molecule has 1 saturated heterocycles. The zero-order valence-corrected chi connectivity index (χ0v) is 9.59. The van der Waals surface area contributed by atoms with Gasteiger partial charge in [-0.2, -0.15) is 0 Å². The van der Waals surface area contributed by atoms with Crippen LogP contribution >= 0.6 is 0 Å². The maximum atomic E-state index is 11.6. The van der Waals surface area contributed by atoms with Crippen molar-refractivity contribution in [1.29, 1.82) is 0 Å². The average molecular weight is 210 g/mol. The molecule has 3 nitrogen and oxygen atoms in total. The van der Waals surface area contributed by atoms with E-state index in [1.165, 1.54) is 25.7 Å². The van der Waals surface area contributed by atoms with Crippen LogP contribution in [0.5, 0.6) is 0 Å². The maximum Gasteiger partial charge on any atom is 0.237 e. The molecule has 3 unspecified atom stereocenters. The average Bonchev–Trinajstić information content (AvgIpc) is 2.22. The SMILES string of the molecule is CC1CCCC(NC2CCCNC2=O)C1. The van der Waals surface area contributed by atoms with Gasteiger partial charge in [0, 0.05) is 12.6 Å². The zero-order chi connectivity index (χ0) is 10.7. The number of carbonyl (C=O) groups excluding carboxylic acids is 1. The van der Waals surface area contributed by atoms with Crippen molar-refractivity contribution in [2.75, 3.05) is 6.54 Å². The third kappa shape index (κ3) is 2.94. The van der Waals surface area contributed by atoms with Crippen molar-refractivity contribution in [1.82, 2.24) is 10.6 Å². The first-order valence-corrected chi connectivity index (χ1v) is 6.29.